The molecule has 0 bridgehead atoms. The standard InChI is InChI=1S/C10H13NOS2/c1-8(2)6-11-9(12)7-14-10-4-3-5-13-10/h3-5H,1,6-7H2,2H3,(H,11,12). The first-order valence-electron chi connectivity index (χ1n) is 4.26. The van der Waals surface area contributed by atoms with Gasteiger partial charge in [-0.1, -0.05) is 18.2 Å². The molecule has 1 aromatic heterocycles. The third kappa shape index (κ3) is 4.48. The molecule has 0 radical (unpaired) electrons. The molecule has 0 aliphatic heterocycles. The molecule has 0 aliphatic rings. The fraction of sp³-hybridized carbons (Fsp3) is 0.300. The first kappa shape index (κ1) is 11.3. The first-order chi connectivity index (χ1) is 6.68. The first-order valence-corrected chi connectivity index (χ1v) is 6.12. The molecule has 0 aliphatic carbocycles. The predicted octanol–water partition coefficient (Wildman–Crippen LogP) is 2.53. The summed E-state index contributed by atoms with van der Waals surface area (Å²) in [5.74, 6) is 0.541. The van der Waals surface area contributed by atoms with Gasteiger partial charge in [0.1, 0.15) is 0 Å². The molecule has 1 amide bonds. The molecule has 1 N–H and O–H groups in total. The Hall–Kier alpha value is -0.740. The molecule has 0 unspecified atom stereocenters. The predicted molar refractivity (Wildman–Crippen MR) is 62.9 cm³/mol. The lowest BCUT2D eigenvalue weighted by atomic mass is 10.3. The van der Waals surface area contributed by atoms with E-state index < -0.39 is 0 Å². The van der Waals surface area contributed by atoms with Crippen LogP contribution >= 0.6 is 23.1 Å². The Balaban J connectivity index is 2.18. The number of nitrogens with one attached hydrogen (secondary N) is 1. The molecule has 0 aromatic carbocycles. The molecule has 2 nitrogen and oxygen atoms in total. The zero-order valence-corrected chi connectivity index (χ0v) is 9.71. The highest BCUT2D eigenvalue weighted by Gasteiger charge is 2.02. The lowest BCUT2D eigenvalue weighted by Crippen LogP contribution is -2.26. The molecular formula is C10H13NOS2. The van der Waals surface area contributed by atoms with Gasteiger partial charge < -0.3 is 5.32 Å². The smallest absolute Gasteiger partial charge is 0.230 e. The Morgan fingerprint density at radius 1 is 1.71 bits per heavy atom. The van der Waals surface area contributed by atoms with Crippen molar-refractivity contribution in [2.75, 3.05) is 12.3 Å². The van der Waals surface area contributed by atoms with Crippen LogP contribution in [0.25, 0.3) is 0 Å². The van der Waals surface area contributed by atoms with Crippen LogP contribution in [0.4, 0.5) is 0 Å². The Morgan fingerprint density at radius 2 is 2.50 bits per heavy atom. The van der Waals surface area contributed by atoms with Gasteiger partial charge in [-0.05, 0) is 18.4 Å². The summed E-state index contributed by atoms with van der Waals surface area (Å²) < 4.78 is 1.18. The summed E-state index contributed by atoms with van der Waals surface area (Å²) in [6.07, 6.45) is 0. The van der Waals surface area contributed by atoms with E-state index in [4.69, 9.17) is 0 Å². The number of thioether (sulfide) groups is 1. The summed E-state index contributed by atoms with van der Waals surface area (Å²) in [5, 5.41) is 4.80. The van der Waals surface area contributed by atoms with Crippen molar-refractivity contribution in [3.8, 4) is 0 Å². The van der Waals surface area contributed by atoms with Crippen LogP contribution in [0, 0.1) is 0 Å². The molecular weight excluding hydrogens is 214 g/mol. The van der Waals surface area contributed by atoms with Gasteiger partial charge >= 0.3 is 0 Å². The molecule has 1 aromatic rings. The van der Waals surface area contributed by atoms with Crippen molar-refractivity contribution in [3.05, 3.63) is 29.7 Å². The maximum Gasteiger partial charge on any atom is 0.230 e. The van der Waals surface area contributed by atoms with Crippen LogP contribution < -0.4 is 5.32 Å². The van der Waals surface area contributed by atoms with Gasteiger partial charge in [0.15, 0.2) is 0 Å². The van der Waals surface area contributed by atoms with Crippen molar-refractivity contribution in [2.24, 2.45) is 0 Å². The van der Waals surface area contributed by atoms with E-state index in [0.29, 0.717) is 12.3 Å². The van der Waals surface area contributed by atoms with Gasteiger partial charge in [-0.15, -0.1) is 23.1 Å². The second-order valence-corrected chi connectivity index (χ2v) is 5.18. The van der Waals surface area contributed by atoms with E-state index in [9.17, 15) is 4.79 Å². The van der Waals surface area contributed by atoms with Crippen LogP contribution in [0.15, 0.2) is 33.9 Å². The van der Waals surface area contributed by atoms with E-state index in [1.807, 2.05) is 24.4 Å². The summed E-state index contributed by atoms with van der Waals surface area (Å²) in [7, 11) is 0. The summed E-state index contributed by atoms with van der Waals surface area (Å²) in [4.78, 5) is 11.3. The van der Waals surface area contributed by atoms with E-state index in [-0.39, 0.29) is 5.91 Å². The second-order valence-electron chi connectivity index (χ2n) is 2.95. The van der Waals surface area contributed by atoms with Gasteiger partial charge in [0.2, 0.25) is 5.91 Å². The third-order valence-corrected chi connectivity index (χ3v) is 3.56. The van der Waals surface area contributed by atoms with E-state index >= 15 is 0 Å². The Morgan fingerprint density at radius 3 is 3.07 bits per heavy atom. The third-order valence-electron chi connectivity index (χ3n) is 1.43. The van der Waals surface area contributed by atoms with E-state index in [0.717, 1.165) is 5.57 Å². The van der Waals surface area contributed by atoms with Crippen LogP contribution in [0.1, 0.15) is 6.92 Å². The SMILES string of the molecule is C=C(C)CNC(=O)CSc1cccs1. The monoisotopic (exact) mass is 227 g/mol. The molecule has 0 saturated heterocycles. The molecule has 1 rings (SSSR count). The van der Waals surface area contributed by atoms with Crippen molar-refractivity contribution in [1.82, 2.24) is 5.32 Å². The van der Waals surface area contributed by atoms with E-state index in [1.165, 1.54) is 4.21 Å². The number of carbonyl (C=O) groups is 1. The van der Waals surface area contributed by atoms with Crippen molar-refractivity contribution in [3.63, 3.8) is 0 Å². The van der Waals surface area contributed by atoms with Crippen LogP contribution in [-0.4, -0.2) is 18.2 Å². The maximum absolute atomic E-state index is 11.3. The topological polar surface area (TPSA) is 29.1 Å². The van der Waals surface area contributed by atoms with Crippen LogP contribution in [0.3, 0.4) is 0 Å². The van der Waals surface area contributed by atoms with E-state index in [2.05, 4.69) is 11.9 Å². The van der Waals surface area contributed by atoms with Gasteiger partial charge in [-0.25, -0.2) is 0 Å². The van der Waals surface area contributed by atoms with Gasteiger partial charge in [0.05, 0.1) is 9.96 Å². The van der Waals surface area contributed by atoms with Crippen LogP contribution in [0.5, 0.6) is 0 Å². The minimum Gasteiger partial charge on any atom is -0.352 e. The van der Waals surface area contributed by atoms with Crippen molar-refractivity contribution >= 4 is 29.0 Å². The highest BCUT2D eigenvalue weighted by Crippen LogP contribution is 2.22. The zero-order chi connectivity index (χ0) is 10.4. The van der Waals surface area contributed by atoms with Gasteiger partial charge in [0, 0.05) is 6.54 Å². The average Bonchev–Trinajstić information content (AvgIpc) is 2.63. The molecule has 0 spiro atoms. The average molecular weight is 227 g/mol. The number of hydrogen-bond acceptors (Lipinski definition) is 3. The largest absolute Gasteiger partial charge is 0.352 e. The van der Waals surface area contributed by atoms with Gasteiger partial charge in [-0.2, -0.15) is 0 Å². The fourth-order valence-electron chi connectivity index (χ4n) is 0.783. The number of amides is 1. The second kappa shape index (κ2) is 5.88. The minimum absolute atomic E-state index is 0.0615. The number of thiophene rings is 1. The lowest BCUT2D eigenvalue weighted by Gasteiger charge is -2.02. The summed E-state index contributed by atoms with van der Waals surface area (Å²) in [5.41, 5.74) is 0.972. The van der Waals surface area contributed by atoms with Crippen molar-refractivity contribution in [1.29, 1.82) is 0 Å². The van der Waals surface area contributed by atoms with Gasteiger partial charge in [0.25, 0.3) is 0 Å². The molecule has 76 valence electrons. The lowest BCUT2D eigenvalue weighted by molar-refractivity contribution is -0.118. The Kier molecular flexibility index (Phi) is 4.76. The Bertz CT molecular complexity index is 306. The number of rotatable bonds is 5. The molecule has 14 heavy (non-hydrogen) atoms. The Labute approximate surface area is 92.4 Å². The van der Waals surface area contributed by atoms with E-state index in [1.54, 1.807) is 23.1 Å². The van der Waals surface area contributed by atoms with Gasteiger partial charge in [-0.3, -0.25) is 4.79 Å². The van der Waals surface area contributed by atoms with Crippen molar-refractivity contribution < 1.29 is 4.79 Å². The maximum atomic E-state index is 11.3. The molecule has 0 atom stereocenters. The normalized spacial score (nSPS) is 9.79. The zero-order valence-electron chi connectivity index (χ0n) is 8.08. The quantitative estimate of drug-likeness (QED) is 0.618. The molecule has 1 heterocycles. The number of hydrogen-bond donors (Lipinski definition) is 1. The molecule has 0 fully saturated rings. The number of carbonyl (C=O) groups excluding carboxylic acids is 1. The summed E-state index contributed by atoms with van der Waals surface area (Å²) >= 11 is 3.22. The van der Waals surface area contributed by atoms with Crippen LogP contribution in [0.2, 0.25) is 0 Å². The molecule has 0 saturated carbocycles. The molecule has 4 heteroatoms. The van der Waals surface area contributed by atoms with Crippen molar-refractivity contribution in [2.45, 2.75) is 11.1 Å². The van der Waals surface area contributed by atoms with Crippen LogP contribution in [-0.2, 0) is 4.79 Å². The highest BCUT2D eigenvalue weighted by atomic mass is 32.2. The summed E-state index contributed by atoms with van der Waals surface area (Å²) in [6.45, 7) is 6.19. The minimum atomic E-state index is 0.0615. The highest BCUT2D eigenvalue weighted by molar-refractivity contribution is 8.01. The summed E-state index contributed by atoms with van der Waals surface area (Å²) in [6, 6.07) is 4.00. The fourth-order valence-corrected chi connectivity index (χ4v) is 2.40.